The summed E-state index contributed by atoms with van der Waals surface area (Å²) in [6.07, 6.45) is 3.24. The van der Waals surface area contributed by atoms with Crippen molar-refractivity contribution < 1.29 is 13.2 Å². The molecule has 0 aliphatic heterocycles. The number of sulfonamides is 1. The molecule has 2 aromatic heterocycles. The summed E-state index contributed by atoms with van der Waals surface area (Å²) in [6, 6.07) is 3.64. The molecular weight excluding hydrogens is 426 g/mol. The highest BCUT2D eigenvalue weighted by molar-refractivity contribution is 9.10. The molecule has 1 N–H and O–H groups in total. The van der Waals surface area contributed by atoms with Gasteiger partial charge in [-0.15, -0.1) is 11.3 Å². The van der Waals surface area contributed by atoms with Crippen molar-refractivity contribution in [3.63, 3.8) is 0 Å². The molecule has 0 spiro atoms. The van der Waals surface area contributed by atoms with E-state index in [-0.39, 0.29) is 17.5 Å². The highest BCUT2D eigenvalue weighted by atomic mass is 79.9. The Morgan fingerprint density at radius 2 is 2.12 bits per heavy atom. The van der Waals surface area contributed by atoms with E-state index < -0.39 is 15.4 Å². The predicted octanol–water partition coefficient (Wildman–Crippen LogP) is 3.29. The van der Waals surface area contributed by atoms with E-state index in [2.05, 4.69) is 30.6 Å². The zero-order valence-electron chi connectivity index (χ0n) is 13.8. The number of thiazole rings is 1. The van der Waals surface area contributed by atoms with Crippen LogP contribution in [0.4, 0.5) is 5.13 Å². The number of halogens is 1. The van der Waals surface area contributed by atoms with Gasteiger partial charge < -0.3 is 0 Å². The van der Waals surface area contributed by atoms with E-state index in [1.807, 2.05) is 6.07 Å². The van der Waals surface area contributed by atoms with Crippen molar-refractivity contribution in [2.45, 2.75) is 43.8 Å². The molecule has 0 unspecified atom stereocenters. The minimum atomic E-state index is -3.35. The number of hydrogen-bond acceptors (Lipinski definition) is 6. The zero-order chi connectivity index (χ0) is 18.2. The molecule has 0 aromatic carbocycles. The Hall–Kier alpha value is -1.32. The van der Waals surface area contributed by atoms with Crippen LogP contribution in [0.3, 0.4) is 0 Å². The Kier molecular flexibility index (Phi) is 5.00. The lowest BCUT2D eigenvalue weighted by Gasteiger charge is -2.20. The van der Waals surface area contributed by atoms with Gasteiger partial charge >= 0.3 is 0 Å². The van der Waals surface area contributed by atoms with Crippen LogP contribution >= 0.6 is 27.3 Å². The van der Waals surface area contributed by atoms with Gasteiger partial charge in [0.15, 0.2) is 5.13 Å². The number of pyridine rings is 1. The van der Waals surface area contributed by atoms with E-state index in [0.29, 0.717) is 29.4 Å². The second-order valence-electron chi connectivity index (χ2n) is 6.58. The van der Waals surface area contributed by atoms with Crippen LogP contribution in [0.5, 0.6) is 0 Å². The molecule has 134 valence electrons. The maximum absolute atomic E-state index is 12.7. The first-order chi connectivity index (χ1) is 11.7. The van der Waals surface area contributed by atoms with E-state index >= 15 is 0 Å². The number of anilines is 1. The first-order valence-electron chi connectivity index (χ1n) is 7.80. The fourth-order valence-electron chi connectivity index (χ4n) is 2.23. The van der Waals surface area contributed by atoms with Gasteiger partial charge in [0.05, 0.1) is 16.4 Å². The fraction of sp³-hybridized carbons (Fsp3) is 0.438. The molecule has 1 saturated carbocycles. The molecule has 2 aromatic rings. The standard InChI is InChI=1S/C16H18BrN3O3S2/c1-16(2,14(21)7-11-4-3-10(17)8-18-11)13-9-24-15(19-13)20-25(22,23)12-5-6-12/h3-4,8-9,12H,5-7H2,1-2H3,(H,19,20). The number of nitrogens with one attached hydrogen (secondary N) is 1. The minimum absolute atomic E-state index is 0.0239. The van der Waals surface area contributed by atoms with Crippen LogP contribution in [0.1, 0.15) is 38.1 Å². The van der Waals surface area contributed by atoms with Crippen LogP contribution in [0.25, 0.3) is 0 Å². The number of rotatable bonds is 7. The highest BCUT2D eigenvalue weighted by Crippen LogP contribution is 2.33. The van der Waals surface area contributed by atoms with Crippen molar-refractivity contribution in [3.8, 4) is 0 Å². The third-order valence-corrected chi connectivity index (χ3v) is 7.35. The van der Waals surface area contributed by atoms with Crippen LogP contribution in [0, 0.1) is 0 Å². The Labute approximate surface area is 159 Å². The average molecular weight is 444 g/mol. The number of carbonyl (C=O) groups is 1. The quantitative estimate of drug-likeness (QED) is 0.708. The summed E-state index contributed by atoms with van der Waals surface area (Å²) >= 11 is 4.52. The van der Waals surface area contributed by atoms with Crippen LogP contribution < -0.4 is 4.72 Å². The van der Waals surface area contributed by atoms with Crippen molar-refractivity contribution in [3.05, 3.63) is 39.6 Å². The molecule has 3 rings (SSSR count). The molecule has 0 atom stereocenters. The van der Waals surface area contributed by atoms with Crippen LogP contribution in [0.15, 0.2) is 28.2 Å². The maximum atomic E-state index is 12.7. The largest absolute Gasteiger partial charge is 0.298 e. The number of Topliss-reactive ketones (excluding diaryl/α,β-unsaturated/α-hetero) is 1. The van der Waals surface area contributed by atoms with Gasteiger partial charge in [-0.05, 0) is 54.8 Å². The molecule has 0 saturated heterocycles. The lowest BCUT2D eigenvalue weighted by atomic mass is 9.83. The summed E-state index contributed by atoms with van der Waals surface area (Å²) in [7, 11) is -3.35. The number of aromatic nitrogens is 2. The third kappa shape index (κ3) is 4.27. The normalized spacial score (nSPS) is 15.2. The molecule has 1 fully saturated rings. The second kappa shape index (κ2) is 6.77. The molecule has 0 bridgehead atoms. The van der Waals surface area contributed by atoms with Gasteiger partial charge in [0, 0.05) is 28.2 Å². The van der Waals surface area contributed by atoms with Crippen LogP contribution in [-0.4, -0.2) is 29.4 Å². The lowest BCUT2D eigenvalue weighted by molar-refractivity contribution is -0.123. The second-order valence-corrected chi connectivity index (χ2v) is 10.3. The van der Waals surface area contributed by atoms with Crippen molar-refractivity contribution in [1.82, 2.24) is 9.97 Å². The monoisotopic (exact) mass is 443 g/mol. The number of carbonyl (C=O) groups excluding carboxylic acids is 1. The van der Waals surface area contributed by atoms with Gasteiger partial charge in [-0.25, -0.2) is 13.4 Å². The first kappa shape index (κ1) is 18.5. The number of ketones is 1. The molecule has 0 radical (unpaired) electrons. The van der Waals surface area contributed by atoms with Gasteiger partial charge in [0.2, 0.25) is 10.0 Å². The molecule has 2 heterocycles. The molecule has 0 amide bonds. The molecule has 25 heavy (non-hydrogen) atoms. The van der Waals surface area contributed by atoms with Crippen molar-refractivity contribution in [1.29, 1.82) is 0 Å². The fourth-order valence-corrected chi connectivity index (χ4v) is 4.94. The topological polar surface area (TPSA) is 89.0 Å². The Balaban J connectivity index is 1.73. The maximum Gasteiger partial charge on any atom is 0.237 e. The highest BCUT2D eigenvalue weighted by Gasteiger charge is 2.37. The van der Waals surface area contributed by atoms with Crippen LogP contribution in [-0.2, 0) is 26.7 Å². The molecule has 1 aliphatic carbocycles. The predicted molar refractivity (Wildman–Crippen MR) is 101 cm³/mol. The Bertz CT molecular complexity index is 888. The first-order valence-corrected chi connectivity index (χ1v) is 11.0. The van der Waals surface area contributed by atoms with Crippen molar-refractivity contribution in [2.75, 3.05) is 4.72 Å². The van der Waals surface area contributed by atoms with Gasteiger partial charge in [-0.2, -0.15) is 0 Å². The van der Waals surface area contributed by atoms with Gasteiger partial charge in [0.1, 0.15) is 5.78 Å². The number of nitrogens with zero attached hydrogens (tertiary/aromatic N) is 2. The van der Waals surface area contributed by atoms with Gasteiger partial charge in [-0.1, -0.05) is 0 Å². The summed E-state index contributed by atoms with van der Waals surface area (Å²) in [5.74, 6) is -0.0239. The zero-order valence-corrected chi connectivity index (χ0v) is 17.0. The summed E-state index contributed by atoms with van der Waals surface area (Å²) in [6.45, 7) is 3.59. The summed E-state index contributed by atoms with van der Waals surface area (Å²) in [5, 5.41) is 1.74. The third-order valence-electron chi connectivity index (χ3n) is 4.16. The smallest absolute Gasteiger partial charge is 0.237 e. The summed E-state index contributed by atoms with van der Waals surface area (Å²) < 4.78 is 27.4. The van der Waals surface area contributed by atoms with E-state index in [0.717, 1.165) is 4.47 Å². The Morgan fingerprint density at radius 1 is 1.40 bits per heavy atom. The number of hydrogen-bond donors (Lipinski definition) is 1. The van der Waals surface area contributed by atoms with Crippen LogP contribution in [0.2, 0.25) is 0 Å². The van der Waals surface area contributed by atoms with Gasteiger partial charge in [0.25, 0.3) is 0 Å². The minimum Gasteiger partial charge on any atom is -0.298 e. The lowest BCUT2D eigenvalue weighted by Crippen LogP contribution is -2.31. The summed E-state index contributed by atoms with van der Waals surface area (Å²) in [4.78, 5) is 21.3. The molecule has 9 heteroatoms. The Morgan fingerprint density at radius 3 is 2.72 bits per heavy atom. The van der Waals surface area contributed by atoms with Crippen molar-refractivity contribution >= 4 is 48.2 Å². The molecule has 1 aliphatic rings. The van der Waals surface area contributed by atoms with Gasteiger partial charge in [-0.3, -0.25) is 14.5 Å². The van der Waals surface area contributed by atoms with E-state index in [9.17, 15) is 13.2 Å². The molecule has 6 nitrogen and oxygen atoms in total. The van der Waals surface area contributed by atoms with E-state index in [1.54, 1.807) is 31.5 Å². The van der Waals surface area contributed by atoms with E-state index in [4.69, 9.17) is 0 Å². The van der Waals surface area contributed by atoms with Crippen molar-refractivity contribution in [2.24, 2.45) is 0 Å². The summed E-state index contributed by atoms with van der Waals surface area (Å²) in [5.41, 5.74) is 0.424. The van der Waals surface area contributed by atoms with E-state index in [1.165, 1.54) is 11.3 Å². The average Bonchev–Trinajstić information content (AvgIpc) is 3.31. The SMILES string of the molecule is CC(C)(C(=O)Cc1ccc(Br)cn1)c1csc(NS(=O)(=O)C2CC2)n1. The molecular formula is C16H18BrN3O3S2.